The van der Waals surface area contributed by atoms with Gasteiger partial charge in [0, 0.05) is 12.8 Å². The third-order valence-electron chi connectivity index (χ3n) is 10.9. The molecule has 0 aromatic carbocycles. The molecular formula is C52H94O5. The quantitative estimate of drug-likeness (QED) is 0.0377. The maximum atomic E-state index is 12.3. The monoisotopic (exact) mass is 799 g/mol. The summed E-state index contributed by atoms with van der Waals surface area (Å²) in [7, 11) is 0. The zero-order valence-corrected chi connectivity index (χ0v) is 37.9. The smallest absolute Gasteiger partial charge is 0.306 e. The number of carbonyl (C=O) groups is 2. The molecule has 0 radical (unpaired) electrons. The van der Waals surface area contributed by atoms with E-state index in [1.165, 1.54) is 161 Å². The summed E-state index contributed by atoms with van der Waals surface area (Å²) < 4.78 is 10.7. The molecule has 0 saturated carbocycles. The van der Waals surface area contributed by atoms with Crippen LogP contribution in [0.1, 0.15) is 251 Å². The van der Waals surface area contributed by atoms with Crippen molar-refractivity contribution in [2.24, 2.45) is 0 Å². The van der Waals surface area contributed by atoms with Crippen molar-refractivity contribution in [1.29, 1.82) is 0 Å². The number of hydrogen-bond acceptors (Lipinski definition) is 5. The molecule has 0 spiro atoms. The van der Waals surface area contributed by atoms with E-state index in [2.05, 4.69) is 62.5 Å². The molecule has 5 nitrogen and oxygen atoms in total. The van der Waals surface area contributed by atoms with E-state index < -0.39 is 6.10 Å². The molecule has 0 aliphatic heterocycles. The fraction of sp³-hybridized carbons (Fsp3) is 0.808. The van der Waals surface area contributed by atoms with E-state index in [9.17, 15) is 14.7 Å². The fourth-order valence-corrected chi connectivity index (χ4v) is 7.19. The molecule has 0 amide bonds. The molecule has 0 rings (SSSR count). The van der Waals surface area contributed by atoms with Gasteiger partial charge >= 0.3 is 11.9 Å². The molecule has 0 fully saturated rings. The first-order valence-corrected chi connectivity index (χ1v) is 24.7. The minimum Gasteiger partial charge on any atom is -0.462 e. The van der Waals surface area contributed by atoms with Crippen molar-refractivity contribution in [3.63, 3.8) is 0 Å². The van der Waals surface area contributed by atoms with Gasteiger partial charge in [-0.15, -0.1) is 0 Å². The molecular weight excluding hydrogens is 705 g/mol. The molecule has 0 bridgehead atoms. The van der Waals surface area contributed by atoms with Crippen molar-refractivity contribution in [3.05, 3.63) is 48.6 Å². The van der Waals surface area contributed by atoms with Crippen molar-refractivity contribution in [1.82, 2.24) is 0 Å². The van der Waals surface area contributed by atoms with E-state index >= 15 is 0 Å². The minimum atomic E-state index is -0.771. The summed E-state index contributed by atoms with van der Waals surface area (Å²) in [5, 5.41) is 9.62. The lowest BCUT2D eigenvalue weighted by Gasteiger charge is -2.15. The van der Waals surface area contributed by atoms with E-state index in [0.29, 0.717) is 12.8 Å². The number of carbonyl (C=O) groups excluding carboxylic acids is 2. The Balaban J connectivity index is 3.49. The van der Waals surface area contributed by atoms with Gasteiger partial charge in [-0.25, -0.2) is 0 Å². The molecule has 0 aromatic rings. The van der Waals surface area contributed by atoms with Crippen LogP contribution in [0, 0.1) is 0 Å². The van der Waals surface area contributed by atoms with Crippen molar-refractivity contribution in [3.8, 4) is 0 Å². The number of unbranched alkanes of at least 4 members (excludes halogenated alkanes) is 29. The molecule has 1 atom stereocenters. The van der Waals surface area contributed by atoms with Crippen LogP contribution in [0.15, 0.2) is 48.6 Å². The normalized spacial score (nSPS) is 12.5. The number of allylic oxidation sites excluding steroid dienone is 8. The van der Waals surface area contributed by atoms with Crippen molar-refractivity contribution >= 4 is 11.9 Å². The standard InChI is InChI=1S/C52H94O5/c1-3-5-7-9-11-13-15-17-19-21-23-24-25-26-27-28-29-31-33-35-37-39-41-43-45-47-52(55)57-50(48-53)49-56-51(54)46-44-42-40-38-36-34-32-30-22-20-18-16-14-12-10-8-6-4-2/h5,7,11,13,17,19,23-24,50,53H,3-4,6,8-10,12,14-16,18,20-22,25-49H2,1-2H3/b7-5-,13-11-,19-17-,24-23-. The van der Waals surface area contributed by atoms with Crippen LogP contribution in [0.4, 0.5) is 0 Å². The molecule has 5 heteroatoms. The second kappa shape index (κ2) is 48.2. The van der Waals surface area contributed by atoms with Crippen LogP contribution in [0.3, 0.4) is 0 Å². The summed E-state index contributed by atoms with van der Waals surface area (Å²) in [6, 6.07) is 0. The highest BCUT2D eigenvalue weighted by Gasteiger charge is 2.16. The van der Waals surface area contributed by atoms with Gasteiger partial charge in [0.25, 0.3) is 0 Å². The van der Waals surface area contributed by atoms with E-state index in [4.69, 9.17) is 9.47 Å². The van der Waals surface area contributed by atoms with Crippen LogP contribution < -0.4 is 0 Å². The summed E-state index contributed by atoms with van der Waals surface area (Å²) in [5.74, 6) is -0.582. The Morgan fingerprint density at radius 1 is 0.421 bits per heavy atom. The molecule has 1 N–H and O–H groups in total. The lowest BCUT2D eigenvalue weighted by Crippen LogP contribution is -2.28. The van der Waals surface area contributed by atoms with Crippen LogP contribution >= 0.6 is 0 Å². The predicted octanol–water partition coefficient (Wildman–Crippen LogP) is 16.1. The first-order valence-electron chi connectivity index (χ1n) is 24.7. The van der Waals surface area contributed by atoms with Gasteiger partial charge in [-0.1, -0.05) is 236 Å². The number of aliphatic hydroxyl groups excluding tert-OH is 1. The van der Waals surface area contributed by atoms with Gasteiger partial charge in [-0.2, -0.15) is 0 Å². The number of rotatable bonds is 45. The van der Waals surface area contributed by atoms with Gasteiger partial charge in [-0.3, -0.25) is 9.59 Å². The van der Waals surface area contributed by atoms with E-state index in [0.717, 1.165) is 64.2 Å². The second-order valence-electron chi connectivity index (χ2n) is 16.5. The SMILES string of the molecule is CC/C=C\C/C=C\C/C=C\C/C=C\CCCCCCCCCCCCCCC(=O)OC(CO)COC(=O)CCCCCCCCCCCCCCCCCCCC. The third-order valence-corrected chi connectivity index (χ3v) is 10.9. The van der Waals surface area contributed by atoms with Gasteiger partial charge in [0.15, 0.2) is 6.10 Å². The van der Waals surface area contributed by atoms with Gasteiger partial charge in [0.1, 0.15) is 6.61 Å². The zero-order valence-electron chi connectivity index (χ0n) is 37.9. The van der Waals surface area contributed by atoms with E-state index in [1.807, 2.05) is 0 Å². The number of hydrogen-bond donors (Lipinski definition) is 1. The van der Waals surface area contributed by atoms with Crippen LogP contribution in [0.5, 0.6) is 0 Å². The Hall–Kier alpha value is -2.14. The van der Waals surface area contributed by atoms with E-state index in [1.54, 1.807) is 0 Å². The summed E-state index contributed by atoms with van der Waals surface area (Å²) in [5.41, 5.74) is 0. The summed E-state index contributed by atoms with van der Waals surface area (Å²) in [6.45, 7) is 4.05. The predicted molar refractivity (Wildman–Crippen MR) is 247 cm³/mol. The Morgan fingerprint density at radius 3 is 1.14 bits per heavy atom. The van der Waals surface area contributed by atoms with Crippen molar-refractivity contribution in [2.75, 3.05) is 13.2 Å². The maximum absolute atomic E-state index is 12.3. The summed E-state index contributed by atoms with van der Waals surface area (Å²) >= 11 is 0. The third kappa shape index (κ3) is 46.4. The zero-order chi connectivity index (χ0) is 41.4. The Kier molecular flexibility index (Phi) is 46.4. The second-order valence-corrected chi connectivity index (χ2v) is 16.5. The number of esters is 2. The van der Waals surface area contributed by atoms with Gasteiger partial charge in [-0.05, 0) is 51.4 Å². The molecule has 0 aliphatic rings. The molecule has 0 aliphatic carbocycles. The first-order chi connectivity index (χ1) is 28.1. The highest BCUT2D eigenvalue weighted by Crippen LogP contribution is 2.16. The van der Waals surface area contributed by atoms with Gasteiger partial charge in [0.2, 0.25) is 0 Å². The van der Waals surface area contributed by atoms with Crippen molar-refractivity contribution < 1.29 is 24.2 Å². The molecule has 57 heavy (non-hydrogen) atoms. The molecule has 332 valence electrons. The van der Waals surface area contributed by atoms with E-state index in [-0.39, 0.29) is 25.2 Å². The molecule has 0 aromatic heterocycles. The highest BCUT2D eigenvalue weighted by molar-refractivity contribution is 5.70. The summed E-state index contributed by atoms with van der Waals surface area (Å²) in [6.07, 6.45) is 62.0. The van der Waals surface area contributed by atoms with Gasteiger partial charge in [0.05, 0.1) is 6.61 Å². The van der Waals surface area contributed by atoms with Crippen molar-refractivity contribution in [2.45, 2.75) is 258 Å². The van der Waals surface area contributed by atoms with Crippen LogP contribution in [-0.4, -0.2) is 36.4 Å². The van der Waals surface area contributed by atoms with Crippen LogP contribution in [-0.2, 0) is 19.1 Å². The lowest BCUT2D eigenvalue weighted by atomic mass is 10.0. The van der Waals surface area contributed by atoms with Crippen LogP contribution in [0.2, 0.25) is 0 Å². The maximum Gasteiger partial charge on any atom is 0.306 e. The lowest BCUT2D eigenvalue weighted by molar-refractivity contribution is -0.161. The topological polar surface area (TPSA) is 72.8 Å². The fourth-order valence-electron chi connectivity index (χ4n) is 7.19. The number of ether oxygens (including phenoxy) is 2. The van der Waals surface area contributed by atoms with Gasteiger partial charge < -0.3 is 14.6 Å². The summed E-state index contributed by atoms with van der Waals surface area (Å²) in [4.78, 5) is 24.4. The Morgan fingerprint density at radius 2 is 0.754 bits per heavy atom. The number of aliphatic hydroxyl groups is 1. The highest BCUT2D eigenvalue weighted by atomic mass is 16.6. The molecule has 0 saturated heterocycles. The minimum absolute atomic E-state index is 0.0633. The van der Waals surface area contributed by atoms with Crippen LogP contribution in [0.25, 0.3) is 0 Å². The Labute approximate surface area is 354 Å². The first kappa shape index (κ1) is 54.9. The molecule has 1 unspecified atom stereocenters. The Bertz CT molecular complexity index is 950. The molecule has 0 heterocycles. The largest absolute Gasteiger partial charge is 0.462 e. The average molecular weight is 799 g/mol. The average Bonchev–Trinajstić information content (AvgIpc) is 3.21.